The molecule has 2 heteroatoms. The van der Waals surface area contributed by atoms with E-state index in [0.29, 0.717) is 12.1 Å². The highest BCUT2D eigenvalue weighted by atomic mass is 14.9. The van der Waals surface area contributed by atoms with E-state index in [4.69, 9.17) is 0 Å². The summed E-state index contributed by atoms with van der Waals surface area (Å²) in [6.07, 6.45) is 10.6. The standard InChI is InChI=1S/C15H24N2/c1-3-13-6-4-8-15(10-13)17-12(2)14-7-5-9-16-11-14/h5,7,9,11-13,15,17H,3-4,6,8,10H2,1-2H3/t12-,13?,15?/m0/s1. The van der Waals surface area contributed by atoms with Gasteiger partial charge in [0.15, 0.2) is 0 Å². The highest BCUT2D eigenvalue weighted by Gasteiger charge is 2.22. The molecule has 1 aliphatic carbocycles. The lowest BCUT2D eigenvalue weighted by atomic mass is 9.84. The van der Waals surface area contributed by atoms with Gasteiger partial charge in [0.1, 0.15) is 0 Å². The van der Waals surface area contributed by atoms with Crippen molar-refractivity contribution in [2.45, 2.75) is 58.0 Å². The molecule has 1 aromatic rings. The second-order valence-corrected chi connectivity index (χ2v) is 5.31. The maximum Gasteiger partial charge on any atom is 0.0315 e. The van der Waals surface area contributed by atoms with Crippen LogP contribution in [0, 0.1) is 5.92 Å². The summed E-state index contributed by atoms with van der Waals surface area (Å²) in [4.78, 5) is 4.19. The molecule has 1 saturated carbocycles. The molecule has 0 aromatic carbocycles. The van der Waals surface area contributed by atoms with Crippen molar-refractivity contribution in [3.05, 3.63) is 30.1 Å². The molecule has 1 aromatic heterocycles. The normalized spacial score (nSPS) is 26.7. The van der Waals surface area contributed by atoms with E-state index in [1.807, 2.05) is 18.5 Å². The number of hydrogen-bond donors (Lipinski definition) is 1. The molecule has 94 valence electrons. The molecule has 0 radical (unpaired) electrons. The Labute approximate surface area is 105 Å². The summed E-state index contributed by atoms with van der Waals surface area (Å²) >= 11 is 0. The van der Waals surface area contributed by atoms with E-state index >= 15 is 0 Å². The molecule has 3 atom stereocenters. The van der Waals surface area contributed by atoms with Crippen LogP contribution >= 0.6 is 0 Å². The zero-order chi connectivity index (χ0) is 12.1. The Hall–Kier alpha value is -0.890. The minimum Gasteiger partial charge on any atom is -0.307 e. The number of rotatable bonds is 4. The Bertz CT molecular complexity index is 323. The zero-order valence-electron chi connectivity index (χ0n) is 11.0. The largest absolute Gasteiger partial charge is 0.307 e. The van der Waals surface area contributed by atoms with Gasteiger partial charge in [-0.3, -0.25) is 4.98 Å². The molecule has 1 fully saturated rings. The molecule has 0 bridgehead atoms. The summed E-state index contributed by atoms with van der Waals surface area (Å²) in [6.45, 7) is 4.56. The maximum atomic E-state index is 4.19. The molecular weight excluding hydrogens is 208 g/mol. The van der Waals surface area contributed by atoms with E-state index in [2.05, 4.69) is 30.2 Å². The highest BCUT2D eigenvalue weighted by Crippen LogP contribution is 2.28. The van der Waals surface area contributed by atoms with E-state index in [9.17, 15) is 0 Å². The SMILES string of the molecule is CCC1CCCC(N[C@@H](C)c2cccnc2)C1. The highest BCUT2D eigenvalue weighted by molar-refractivity contribution is 5.13. The average molecular weight is 232 g/mol. The molecule has 2 unspecified atom stereocenters. The average Bonchev–Trinajstić information content (AvgIpc) is 2.40. The topological polar surface area (TPSA) is 24.9 Å². The molecule has 17 heavy (non-hydrogen) atoms. The molecule has 0 saturated heterocycles. The van der Waals surface area contributed by atoms with Crippen LogP contribution in [-0.2, 0) is 0 Å². The van der Waals surface area contributed by atoms with Crippen LogP contribution in [-0.4, -0.2) is 11.0 Å². The van der Waals surface area contributed by atoms with Gasteiger partial charge in [-0.15, -0.1) is 0 Å². The molecular formula is C15H24N2. The monoisotopic (exact) mass is 232 g/mol. The molecule has 2 nitrogen and oxygen atoms in total. The Balaban J connectivity index is 1.88. The lowest BCUT2D eigenvalue weighted by Gasteiger charge is -2.31. The number of nitrogens with zero attached hydrogens (tertiary/aromatic N) is 1. The van der Waals surface area contributed by atoms with E-state index in [1.54, 1.807) is 0 Å². The fraction of sp³-hybridized carbons (Fsp3) is 0.667. The molecule has 1 aliphatic rings. The van der Waals surface area contributed by atoms with Gasteiger partial charge in [0.2, 0.25) is 0 Å². The van der Waals surface area contributed by atoms with Gasteiger partial charge >= 0.3 is 0 Å². The van der Waals surface area contributed by atoms with Crippen molar-refractivity contribution in [1.82, 2.24) is 10.3 Å². The van der Waals surface area contributed by atoms with Gasteiger partial charge in [-0.2, -0.15) is 0 Å². The summed E-state index contributed by atoms with van der Waals surface area (Å²) in [5, 5.41) is 3.76. The van der Waals surface area contributed by atoms with Crippen LogP contribution in [0.2, 0.25) is 0 Å². The number of aromatic nitrogens is 1. The van der Waals surface area contributed by atoms with Gasteiger partial charge in [-0.25, -0.2) is 0 Å². The van der Waals surface area contributed by atoms with Crippen LogP contribution in [0.5, 0.6) is 0 Å². The Morgan fingerprint density at radius 3 is 3.06 bits per heavy atom. The third-order valence-electron chi connectivity index (χ3n) is 4.03. The number of hydrogen-bond acceptors (Lipinski definition) is 2. The predicted octanol–water partition coefficient (Wildman–Crippen LogP) is 3.70. The van der Waals surface area contributed by atoms with Crippen LogP contribution < -0.4 is 5.32 Å². The Morgan fingerprint density at radius 2 is 2.35 bits per heavy atom. The van der Waals surface area contributed by atoms with Crippen molar-refractivity contribution in [2.24, 2.45) is 5.92 Å². The third-order valence-corrected chi connectivity index (χ3v) is 4.03. The Morgan fingerprint density at radius 1 is 1.47 bits per heavy atom. The summed E-state index contributed by atoms with van der Waals surface area (Å²) in [6, 6.07) is 5.29. The first-order chi connectivity index (χ1) is 8.29. The van der Waals surface area contributed by atoms with Crippen LogP contribution in [0.4, 0.5) is 0 Å². The lowest BCUT2D eigenvalue weighted by molar-refractivity contribution is 0.266. The summed E-state index contributed by atoms with van der Waals surface area (Å²) < 4.78 is 0. The Kier molecular flexibility index (Phi) is 4.55. The first-order valence-corrected chi connectivity index (χ1v) is 6.95. The first kappa shape index (κ1) is 12.6. The van der Waals surface area contributed by atoms with Gasteiger partial charge in [-0.05, 0) is 37.3 Å². The van der Waals surface area contributed by atoms with Crippen molar-refractivity contribution >= 4 is 0 Å². The van der Waals surface area contributed by atoms with Gasteiger partial charge in [-0.1, -0.05) is 32.3 Å². The smallest absolute Gasteiger partial charge is 0.0315 e. The van der Waals surface area contributed by atoms with Gasteiger partial charge in [0.25, 0.3) is 0 Å². The summed E-state index contributed by atoms with van der Waals surface area (Å²) in [5.41, 5.74) is 1.30. The van der Waals surface area contributed by atoms with E-state index in [-0.39, 0.29) is 0 Å². The van der Waals surface area contributed by atoms with Crippen molar-refractivity contribution in [2.75, 3.05) is 0 Å². The van der Waals surface area contributed by atoms with Crippen LogP contribution in [0.15, 0.2) is 24.5 Å². The molecule has 1 heterocycles. The fourth-order valence-corrected chi connectivity index (χ4v) is 2.90. The molecule has 0 spiro atoms. The van der Waals surface area contributed by atoms with Crippen molar-refractivity contribution in [3.8, 4) is 0 Å². The van der Waals surface area contributed by atoms with E-state index in [1.165, 1.54) is 37.7 Å². The lowest BCUT2D eigenvalue weighted by Crippen LogP contribution is -2.35. The molecule has 2 rings (SSSR count). The third kappa shape index (κ3) is 3.53. The first-order valence-electron chi connectivity index (χ1n) is 6.95. The van der Waals surface area contributed by atoms with Crippen molar-refractivity contribution < 1.29 is 0 Å². The molecule has 0 aliphatic heterocycles. The predicted molar refractivity (Wildman–Crippen MR) is 71.8 cm³/mol. The van der Waals surface area contributed by atoms with E-state index < -0.39 is 0 Å². The minimum atomic E-state index is 0.421. The second-order valence-electron chi connectivity index (χ2n) is 5.31. The number of pyridine rings is 1. The fourth-order valence-electron chi connectivity index (χ4n) is 2.90. The van der Waals surface area contributed by atoms with Crippen LogP contribution in [0.3, 0.4) is 0 Å². The van der Waals surface area contributed by atoms with Gasteiger partial charge < -0.3 is 5.32 Å². The van der Waals surface area contributed by atoms with Crippen LogP contribution in [0.25, 0.3) is 0 Å². The number of nitrogens with one attached hydrogen (secondary N) is 1. The van der Waals surface area contributed by atoms with Gasteiger partial charge in [0, 0.05) is 24.5 Å². The second kappa shape index (κ2) is 6.15. The maximum absolute atomic E-state index is 4.19. The van der Waals surface area contributed by atoms with Crippen molar-refractivity contribution in [1.29, 1.82) is 0 Å². The van der Waals surface area contributed by atoms with Crippen LogP contribution in [0.1, 0.15) is 57.6 Å². The van der Waals surface area contributed by atoms with Crippen molar-refractivity contribution in [3.63, 3.8) is 0 Å². The van der Waals surface area contributed by atoms with E-state index in [0.717, 1.165) is 5.92 Å². The molecule has 1 N–H and O–H groups in total. The minimum absolute atomic E-state index is 0.421. The van der Waals surface area contributed by atoms with Gasteiger partial charge in [0.05, 0.1) is 0 Å². The zero-order valence-corrected chi connectivity index (χ0v) is 11.0. The summed E-state index contributed by atoms with van der Waals surface area (Å²) in [7, 11) is 0. The quantitative estimate of drug-likeness (QED) is 0.856. The molecule has 0 amide bonds. The summed E-state index contributed by atoms with van der Waals surface area (Å²) in [5.74, 6) is 0.933.